The molecule has 1 aliphatic rings. The summed E-state index contributed by atoms with van der Waals surface area (Å²) in [4.78, 5) is 12.1. The van der Waals surface area contributed by atoms with Crippen molar-refractivity contribution in [1.82, 2.24) is 5.32 Å². The van der Waals surface area contributed by atoms with Gasteiger partial charge in [0.15, 0.2) is 0 Å². The summed E-state index contributed by atoms with van der Waals surface area (Å²) in [6.07, 6.45) is 2.83. The zero-order valence-corrected chi connectivity index (χ0v) is 11.4. The number of rotatable bonds is 5. The summed E-state index contributed by atoms with van der Waals surface area (Å²) in [5.41, 5.74) is 0.840. The quantitative estimate of drug-likeness (QED) is 0.856. The van der Waals surface area contributed by atoms with Crippen molar-refractivity contribution in [3.05, 3.63) is 24.3 Å². The Labute approximate surface area is 114 Å². The molecule has 1 aromatic carbocycles. The van der Waals surface area contributed by atoms with E-state index < -0.39 is 0 Å². The van der Waals surface area contributed by atoms with E-state index >= 15 is 0 Å². The molecule has 2 rings (SSSR count). The number of carbonyl (C=O) groups is 1. The van der Waals surface area contributed by atoms with Crippen LogP contribution in [-0.4, -0.2) is 25.6 Å². The van der Waals surface area contributed by atoms with Crippen LogP contribution in [0.3, 0.4) is 0 Å². The summed E-state index contributed by atoms with van der Waals surface area (Å²) in [7, 11) is 0. The van der Waals surface area contributed by atoms with Crippen LogP contribution in [0.2, 0.25) is 0 Å². The largest absolute Gasteiger partial charge is 0.494 e. The number of benzene rings is 1. The third-order valence-corrected chi connectivity index (χ3v) is 3.30. The van der Waals surface area contributed by atoms with E-state index in [1.807, 2.05) is 24.3 Å². The van der Waals surface area contributed by atoms with E-state index in [1.165, 1.54) is 0 Å². The number of ether oxygens (including phenoxy) is 1. The Bertz CT molecular complexity index is 397. The normalized spacial score (nSPS) is 16.1. The number of anilines is 1. The van der Waals surface area contributed by atoms with Crippen LogP contribution < -0.4 is 15.4 Å². The fourth-order valence-electron chi connectivity index (χ4n) is 2.18. The average Bonchev–Trinajstić information content (AvgIpc) is 2.47. The highest BCUT2D eigenvalue weighted by molar-refractivity contribution is 5.92. The molecule has 2 N–H and O–H groups in total. The lowest BCUT2D eigenvalue weighted by molar-refractivity contribution is -0.120. The van der Waals surface area contributed by atoms with Crippen molar-refractivity contribution in [2.24, 2.45) is 5.92 Å². The molecular weight excluding hydrogens is 240 g/mol. The molecule has 104 valence electrons. The maximum absolute atomic E-state index is 12.1. The summed E-state index contributed by atoms with van der Waals surface area (Å²) < 4.78 is 5.51. The molecule has 1 heterocycles. The third-order valence-electron chi connectivity index (χ3n) is 3.30. The molecule has 0 aliphatic carbocycles. The van der Waals surface area contributed by atoms with Crippen LogP contribution in [0.5, 0.6) is 5.75 Å². The van der Waals surface area contributed by atoms with Gasteiger partial charge in [0.05, 0.1) is 6.61 Å². The molecular formula is C15H22N2O2. The fourth-order valence-corrected chi connectivity index (χ4v) is 2.18. The monoisotopic (exact) mass is 262 g/mol. The van der Waals surface area contributed by atoms with Crippen LogP contribution in [0.25, 0.3) is 0 Å². The first-order chi connectivity index (χ1) is 9.29. The second kappa shape index (κ2) is 7.14. The van der Waals surface area contributed by atoms with Crippen LogP contribution in [0, 0.1) is 5.92 Å². The van der Waals surface area contributed by atoms with Gasteiger partial charge in [-0.25, -0.2) is 0 Å². The van der Waals surface area contributed by atoms with E-state index in [1.54, 1.807) is 0 Å². The molecule has 4 heteroatoms. The first-order valence-corrected chi connectivity index (χ1v) is 7.04. The average molecular weight is 262 g/mol. The Hall–Kier alpha value is -1.55. The van der Waals surface area contributed by atoms with E-state index in [2.05, 4.69) is 17.6 Å². The van der Waals surface area contributed by atoms with Gasteiger partial charge in [-0.15, -0.1) is 0 Å². The Morgan fingerprint density at radius 3 is 2.63 bits per heavy atom. The van der Waals surface area contributed by atoms with Gasteiger partial charge in [-0.2, -0.15) is 0 Å². The summed E-state index contributed by atoms with van der Waals surface area (Å²) in [5.74, 6) is 1.11. The Kier molecular flexibility index (Phi) is 5.21. The maximum atomic E-state index is 12.1. The van der Waals surface area contributed by atoms with Gasteiger partial charge in [-0.3, -0.25) is 4.79 Å². The van der Waals surface area contributed by atoms with E-state index in [4.69, 9.17) is 4.74 Å². The standard InChI is InChI=1S/C15H22N2O2/c1-2-11-19-14-5-3-13(4-6-14)17-15(18)12-7-9-16-10-8-12/h3-6,12,16H,2,7-11H2,1H3,(H,17,18). The Balaban J connectivity index is 1.86. The molecule has 1 aliphatic heterocycles. The fraction of sp³-hybridized carbons (Fsp3) is 0.533. The van der Waals surface area contributed by atoms with Crippen molar-refractivity contribution in [3.8, 4) is 5.75 Å². The number of hydrogen-bond acceptors (Lipinski definition) is 3. The van der Waals surface area contributed by atoms with Gasteiger partial charge >= 0.3 is 0 Å². The highest BCUT2D eigenvalue weighted by Crippen LogP contribution is 2.18. The maximum Gasteiger partial charge on any atom is 0.227 e. The minimum Gasteiger partial charge on any atom is -0.494 e. The summed E-state index contributed by atoms with van der Waals surface area (Å²) >= 11 is 0. The van der Waals surface area contributed by atoms with Crippen molar-refractivity contribution in [2.45, 2.75) is 26.2 Å². The van der Waals surface area contributed by atoms with Gasteiger partial charge in [-0.1, -0.05) is 6.92 Å². The van der Waals surface area contributed by atoms with Crippen molar-refractivity contribution < 1.29 is 9.53 Å². The number of amides is 1. The predicted octanol–water partition coefficient (Wildman–Crippen LogP) is 2.41. The summed E-state index contributed by atoms with van der Waals surface area (Å²) in [5, 5.41) is 6.24. The van der Waals surface area contributed by atoms with Crippen LogP contribution in [-0.2, 0) is 4.79 Å². The molecule has 4 nitrogen and oxygen atoms in total. The Morgan fingerprint density at radius 1 is 1.32 bits per heavy atom. The zero-order valence-electron chi connectivity index (χ0n) is 11.4. The van der Waals surface area contributed by atoms with Crippen LogP contribution in [0.15, 0.2) is 24.3 Å². The van der Waals surface area contributed by atoms with Crippen LogP contribution in [0.1, 0.15) is 26.2 Å². The van der Waals surface area contributed by atoms with Crippen LogP contribution >= 0.6 is 0 Å². The highest BCUT2D eigenvalue weighted by Gasteiger charge is 2.20. The van der Waals surface area contributed by atoms with Gasteiger partial charge in [0.25, 0.3) is 0 Å². The van der Waals surface area contributed by atoms with E-state index in [0.717, 1.165) is 50.4 Å². The number of piperidine rings is 1. The van der Waals surface area contributed by atoms with Crippen LogP contribution in [0.4, 0.5) is 5.69 Å². The molecule has 1 fully saturated rings. The Morgan fingerprint density at radius 2 is 2.00 bits per heavy atom. The van der Waals surface area contributed by atoms with E-state index in [-0.39, 0.29) is 11.8 Å². The van der Waals surface area contributed by atoms with Gasteiger partial charge in [0, 0.05) is 11.6 Å². The molecule has 0 unspecified atom stereocenters. The molecule has 0 spiro atoms. The summed E-state index contributed by atoms with van der Waals surface area (Å²) in [6.45, 7) is 4.66. The molecule has 1 saturated heterocycles. The van der Waals surface area contributed by atoms with Gasteiger partial charge in [-0.05, 0) is 56.6 Å². The van der Waals surface area contributed by atoms with Crippen molar-refractivity contribution >= 4 is 11.6 Å². The minimum absolute atomic E-state index is 0.128. The molecule has 0 saturated carbocycles. The van der Waals surface area contributed by atoms with E-state index in [9.17, 15) is 4.79 Å². The number of nitrogens with one attached hydrogen (secondary N) is 2. The second-order valence-corrected chi connectivity index (χ2v) is 4.89. The molecule has 0 atom stereocenters. The lowest BCUT2D eigenvalue weighted by Gasteiger charge is -2.21. The SMILES string of the molecule is CCCOc1ccc(NC(=O)C2CCNCC2)cc1. The highest BCUT2D eigenvalue weighted by atomic mass is 16.5. The lowest BCUT2D eigenvalue weighted by atomic mass is 9.97. The first kappa shape index (κ1) is 13.9. The predicted molar refractivity (Wildman–Crippen MR) is 76.5 cm³/mol. The minimum atomic E-state index is 0.128. The van der Waals surface area contributed by atoms with Gasteiger partial charge in [0.1, 0.15) is 5.75 Å². The van der Waals surface area contributed by atoms with Crippen molar-refractivity contribution in [1.29, 1.82) is 0 Å². The van der Waals surface area contributed by atoms with Gasteiger partial charge in [0.2, 0.25) is 5.91 Å². The first-order valence-electron chi connectivity index (χ1n) is 7.04. The van der Waals surface area contributed by atoms with Crippen molar-refractivity contribution in [2.75, 3.05) is 25.0 Å². The number of carbonyl (C=O) groups excluding carboxylic acids is 1. The number of hydrogen-bond donors (Lipinski definition) is 2. The summed E-state index contributed by atoms with van der Waals surface area (Å²) in [6, 6.07) is 7.58. The molecule has 1 amide bonds. The van der Waals surface area contributed by atoms with E-state index in [0.29, 0.717) is 0 Å². The molecule has 0 bridgehead atoms. The molecule has 0 radical (unpaired) electrons. The second-order valence-electron chi connectivity index (χ2n) is 4.89. The smallest absolute Gasteiger partial charge is 0.227 e. The van der Waals surface area contributed by atoms with Gasteiger partial charge < -0.3 is 15.4 Å². The lowest BCUT2D eigenvalue weighted by Crippen LogP contribution is -2.34. The topological polar surface area (TPSA) is 50.4 Å². The molecule has 0 aromatic heterocycles. The van der Waals surface area contributed by atoms with Crippen molar-refractivity contribution in [3.63, 3.8) is 0 Å². The third kappa shape index (κ3) is 4.24. The molecule has 19 heavy (non-hydrogen) atoms. The zero-order chi connectivity index (χ0) is 13.5. The molecule has 1 aromatic rings.